The van der Waals surface area contributed by atoms with Crippen LogP contribution in [0.5, 0.6) is 0 Å². The largest absolute Gasteiger partial charge is 0.384 e. The molecule has 2 heterocycles. The van der Waals surface area contributed by atoms with Crippen LogP contribution in [0.2, 0.25) is 0 Å². The standard InChI is InChI=1S/C27H31N7O/c1-18-30-27(21-15-24(28)31-25(29)16-21)32-34(18)14-13-33(22-10-3-4-11-22)26(35)17-20-9-6-8-19-7-2-5-12-23(19)20/h2,5-9,12,15-16,22H,3-4,10-11,13-14,17H2,1H3,(H4,28,29,31). The van der Waals surface area contributed by atoms with Crippen LogP contribution < -0.4 is 11.5 Å². The maximum atomic E-state index is 13.6. The monoisotopic (exact) mass is 469 g/mol. The molecule has 1 fully saturated rings. The Morgan fingerprint density at radius 3 is 2.51 bits per heavy atom. The highest BCUT2D eigenvalue weighted by molar-refractivity contribution is 5.90. The van der Waals surface area contributed by atoms with Crippen molar-refractivity contribution in [3.05, 3.63) is 66.0 Å². The maximum absolute atomic E-state index is 13.6. The zero-order valence-corrected chi connectivity index (χ0v) is 20.0. The van der Waals surface area contributed by atoms with E-state index in [1.54, 1.807) is 12.1 Å². The number of fused-ring (bicyclic) bond motifs is 1. The lowest BCUT2D eigenvalue weighted by atomic mass is 10.0. The summed E-state index contributed by atoms with van der Waals surface area (Å²) >= 11 is 0. The number of aryl methyl sites for hydroxylation is 1. The lowest BCUT2D eigenvalue weighted by Crippen LogP contribution is -2.42. The molecule has 0 atom stereocenters. The third kappa shape index (κ3) is 4.96. The molecule has 35 heavy (non-hydrogen) atoms. The van der Waals surface area contributed by atoms with E-state index in [9.17, 15) is 4.79 Å². The van der Waals surface area contributed by atoms with Gasteiger partial charge in [-0.25, -0.2) is 14.6 Å². The van der Waals surface area contributed by atoms with Crippen LogP contribution in [-0.2, 0) is 17.8 Å². The SMILES string of the molecule is Cc1nc(-c2cc(N)nc(N)c2)nn1CCN(C(=O)Cc1cccc2ccccc12)C1CCCC1. The van der Waals surface area contributed by atoms with Gasteiger partial charge in [-0.3, -0.25) is 4.79 Å². The molecule has 8 nitrogen and oxygen atoms in total. The van der Waals surface area contributed by atoms with Gasteiger partial charge in [0.1, 0.15) is 17.5 Å². The second-order valence-electron chi connectivity index (χ2n) is 9.25. The third-order valence-electron chi connectivity index (χ3n) is 6.84. The molecule has 0 aliphatic heterocycles. The summed E-state index contributed by atoms with van der Waals surface area (Å²) < 4.78 is 1.86. The van der Waals surface area contributed by atoms with Gasteiger partial charge >= 0.3 is 0 Å². The van der Waals surface area contributed by atoms with Gasteiger partial charge in [0.15, 0.2) is 5.82 Å². The number of amides is 1. The summed E-state index contributed by atoms with van der Waals surface area (Å²) in [6.45, 7) is 3.09. The second-order valence-corrected chi connectivity index (χ2v) is 9.25. The van der Waals surface area contributed by atoms with Crippen molar-refractivity contribution < 1.29 is 4.79 Å². The topological polar surface area (TPSA) is 116 Å². The summed E-state index contributed by atoms with van der Waals surface area (Å²) in [6, 6.07) is 18.1. The van der Waals surface area contributed by atoms with E-state index >= 15 is 0 Å². The Morgan fingerprint density at radius 2 is 1.74 bits per heavy atom. The highest BCUT2D eigenvalue weighted by Crippen LogP contribution is 2.26. The fraction of sp³-hybridized carbons (Fsp3) is 0.333. The van der Waals surface area contributed by atoms with Crippen molar-refractivity contribution in [1.82, 2.24) is 24.6 Å². The number of carbonyl (C=O) groups excluding carboxylic acids is 1. The molecular formula is C27H31N7O. The molecule has 0 radical (unpaired) electrons. The smallest absolute Gasteiger partial charge is 0.227 e. The molecule has 1 amide bonds. The molecule has 0 bridgehead atoms. The Labute approximate surface area is 205 Å². The van der Waals surface area contributed by atoms with Gasteiger partial charge in [-0.2, -0.15) is 5.10 Å². The molecule has 0 spiro atoms. The molecule has 5 rings (SSSR count). The Kier molecular flexibility index (Phi) is 6.35. The Bertz CT molecular complexity index is 1330. The first-order chi connectivity index (χ1) is 17.0. The van der Waals surface area contributed by atoms with Crippen LogP contribution in [0.4, 0.5) is 11.6 Å². The van der Waals surface area contributed by atoms with Crippen LogP contribution >= 0.6 is 0 Å². The number of nitrogen functional groups attached to an aromatic ring is 2. The molecule has 4 aromatic rings. The van der Waals surface area contributed by atoms with Gasteiger partial charge in [0.05, 0.1) is 13.0 Å². The van der Waals surface area contributed by atoms with Gasteiger partial charge in [0, 0.05) is 18.2 Å². The van der Waals surface area contributed by atoms with Gasteiger partial charge in [0.25, 0.3) is 0 Å². The van der Waals surface area contributed by atoms with Crippen LogP contribution in [0, 0.1) is 6.92 Å². The first-order valence-corrected chi connectivity index (χ1v) is 12.2. The van der Waals surface area contributed by atoms with E-state index in [2.05, 4.69) is 44.2 Å². The predicted octanol–water partition coefficient (Wildman–Crippen LogP) is 3.98. The number of carbonyl (C=O) groups is 1. The molecule has 1 aliphatic carbocycles. The average molecular weight is 470 g/mol. The van der Waals surface area contributed by atoms with Crippen molar-refractivity contribution in [2.75, 3.05) is 18.0 Å². The van der Waals surface area contributed by atoms with E-state index in [1.807, 2.05) is 29.8 Å². The van der Waals surface area contributed by atoms with Crippen molar-refractivity contribution in [2.24, 2.45) is 0 Å². The molecule has 2 aromatic carbocycles. The fourth-order valence-corrected chi connectivity index (χ4v) is 5.10. The third-order valence-corrected chi connectivity index (χ3v) is 6.84. The molecule has 180 valence electrons. The van der Waals surface area contributed by atoms with Crippen molar-refractivity contribution in [3.8, 4) is 11.4 Å². The highest BCUT2D eigenvalue weighted by Gasteiger charge is 2.27. The second kappa shape index (κ2) is 9.74. The normalized spacial score (nSPS) is 14.0. The number of hydrogen-bond acceptors (Lipinski definition) is 6. The zero-order chi connectivity index (χ0) is 24.4. The Balaban J connectivity index is 1.35. The Morgan fingerprint density at radius 1 is 1.03 bits per heavy atom. The molecule has 2 aromatic heterocycles. The lowest BCUT2D eigenvalue weighted by molar-refractivity contribution is -0.132. The van der Waals surface area contributed by atoms with E-state index in [4.69, 9.17) is 11.5 Å². The number of hydrogen-bond donors (Lipinski definition) is 2. The van der Waals surface area contributed by atoms with Gasteiger partial charge in [0.2, 0.25) is 5.91 Å². The van der Waals surface area contributed by atoms with E-state index < -0.39 is 0 Å². The number of nitrogens with zero attached hydrogens (tertiary/aromatic N) is 5. The van der Waals surface area contributed by atoms with Gasteiger partial charge in [-0.15, -0.1) is 0 Å². The minimum absolute atomic E-state index is 0.168. The number of rotatable bonds is 7. The summed E-state index contributed by atoms with van der Waals surface area (Å²) in [4.78, 5) is 24.3. The Hall–Kier alpha value is -3.94. The van der Waals surface area contributed by atoms with Crippen molar-refractivity contribution in [1.29, 1.82) is 0 Å². The number of benzene rings is 2. The molecule has 0 saturated heterocycles. The predicted molar refractivity (Wildman–Crippen MR) is 138 cm³/mol. The quantitative estimate of drug-likeness (QED) is 0.423. The summed E-state index contributed by atoms with van der Waals surface area (Å²) in [7, 11) is 0. The number of pyridine rings is 1. The van der Waals surface area contributed by atoms with E-state index in [0.717, 1.165) is 40.6 Å². The van der Waals surface area contributed by atoms with Gasteiger partial charge in [-0.05, 0) is 48.2 Å². The van der Waals surface area contributed by atoms with Crippen LogP contribution in [0.25, 0.3) is 22.2 Å². The van der Waals surface area contributed by atoms with Crippen LogP contribution in [0.15, 0.2) is 54.6 Å². The molecule has 4 N–H and O–H groups in total. The lowest BCUT2D eigenvalue weighted by Gasteiger charge is -2.29. The molecular weight excluding hydrogens is 438 g/mol. The summed E-state index contributed by atoms with van der Waals surface area (Å²) in [5.41, 5.74) is 13.5. The molecule has 8 heteroatoms. The van der Waals surface area contributed by atoms with Gasteiger partial charge < -0.3 is 16.4 Å². The number of anilines is 2. The highest BCUT2D eigenvalue weighted by atomic mass is 16.2. The van der Waals surface area contributed by atoms with Gasteiger partial charge in [-0.1, -0.05) is 55.3 Å². The summed E-state index contributed by atoms with van der Waals surface area (Å²) in [5.74, 6) is 2.17. The summed E-state index contributed by atoms with van der Waals surface area (Å²) in [6.07, 6.45) is 4.84. The molecule has 1 aliphatic rings. The van der Waals surface area contributed by atoms with Crippen LogP contribution in [0.3, 0.4) is 0 Å². The van der Waals surface area contributed by atoms with Crippen LogP contribution in [-0.4, -0.2) is 43.1 Å². The van der Waals surface area contributed by atoms with Crippen molar-refractivity contribution in [3.63, 3.8) is 0 Å². The minimum Gasteiger partial charge on any atom is -0.384 e. The first-order valence-electron chi connectivity index (χ1n) is 12.2. The number of nitrogens with two attached hydrogens (primary N) is 2. The maximum Gasteiger partial charge on any atom is 0.227 e. The molecule has 0 unspecified atom stereocenters. The van der Waals surface area contributed by atoms with Crippen LogP contribution in [0.1, 0.15) is 37.1 Å². The summed E-state index contributed by atoms with van der Waals surface area (Å²) in [5, 5.41) is 6.98. The van der Waals surface area contributed by atoms with E-state index in [-0.39, 0.29) is 11.9 Å². The van der Waals surface area contributed by atoms with Crippen molar-refractivity contribution >= 4 is 28.3 Å². The average Bonchev–Trinajstić information content (AvgIpc) is 3.49. The zero-order valence-electron chi connectivity index (χ0n) is 20.0. The minimum atomic E-state index is 0.168. The first kappa shape index (κ1) is 22.8. The van der Waals surface area contributed by atoms with E-state index in [0.29, 0.717) is 37.0 Å². The van der Waals surface area contributed by atoms with Crippen molar-refractivity contribution in [2.45, 2.75) is 51.6 Å². The van der Waals surface area contributed by atoms with E-state index in [1.165, 1.54) is 12.8 Å². The molecule has 1 saturated carbocycles. The number of aromatic nitrogens is 4. The fourth-order valence-electron chi connectivity index (χ4n) is 5.10.